The van der Waals surface area contributed by atoms with Gasteiger partial charge in [0.2, 0.25) is 5.91 Å². The van der Waals surface area contributed by atoms with Crippen LogP contribution in [0.25, 0.3) is 5.69 Å². The van der Waals surface area contributed by atoms with Crippen LogP contribution in [0.1, 0.15) is 24.4 Å². The fraction of sp³-hybridized carbons (Fsp3) is 0.286. The van der Waals surface area contributed by atoms with Crippen molar-refractivity contribution in [3.63, 3.8) is 0 Å². The van der Waals surface area contributed by atoms with E-state index in [1.807, 2.05) is 42.6 Å². The van der Waals surface area contributed by atoms with E-state index in [4.69, 9.17) is 11.6 Å². The molecule has 0 saturated carbocycles. The van der Waals surface area contributed by atoms with E-state index in [2.05, 4.69) is 15.5 Å². The molecule has 2 aromatic carbocycles. The topological polar surface area (TPSA) is 63.1 Å². The number of carbonyl (C=O) groups is 1. The molecule has 1 aromatic heterocycles. The monoisotopic (exact) mass is 483 g/mol. The van der Waals surface area contributed by atoms with Gasteiger partial charge in [-0.25, -0.2) is 0 Å². The second-order valence-corrected chi connectivity index (χ2v) is 8.59. The standard InChI is InChI=1S/C21H21ClF3N5OS/c1-13(29(2)3)19-27-28-20(30(19)17-9-7-15(22)8-10-17)32-12-18(31)26-16-6-4-5-14(11-16)21(23,24)25/h4-11,13H,12H2,1-3H3,(H,26,31)/t13-/m0/s1. The minimum Gasteiger partial charge on any atom is -0.325 e. The van der Waals surface area contributed by atoms with Gasteiger partial charge in [-0.05, 0) is 63.5 Å². The van der Waals surface area contributed by atoms with Gasteiger partial charge in [-0.1, -0.05) is 29.4 Å². The van der Waals surface area contributed by atoms with Crippen molar-refractivity contribution in [2.75, 3.05) is 25.2 Å². The van der Waals surface area contributed by atoms with Crippen LogP contribution in [0.4, 0.5) is 18.9 Å². The zero-order valence-electron chi connectivity index (χ0n) is 17.5. The number of hydrogen-bond donors (Lipinski definition) is 1. The van der Waals surface area contributed by atoms with E-state index < -0.39 is 17.6 Å². The van der Waals surface area contributed by atoms with Crippen LogP contribution >= 0.6 is 23.4 Å². The van der Waals surface area contributed by atoms with Crippen molar-refractivity contribution in [1.82, 2.24) is 19.7 Å². The molecule has 0 aliphatic rings. The molecule has 0 radical (unpaired) electrons. The molecule has 11 heteroatoms. The second kappa shape index (κ2) is 9.93. The highest BCUT2D eigenvalue weighted by Gasteiger charge is 2.30. The summed E-state index contributed by atoms with van der Waals surface area (Å²) in [6.45, 7) is 1.98. The van der Waals surface area contributed by atoms with Crippen LogP contribution < -0.4 is 5.32 Å². The number of nitrogens with one attached hydrogen (secondary N) is 1. The van der Waals surface area contributed by atoms with Crippen LogP contribution in [-0.2, 0) is 11.0 Å². The molecule has 6 nitrogen and oxygen atoms in total. The number of rotatable bonds is 7. The average molecular weight is 484 g/mol. The summed E-state index contributed by atoms with van der Waals surface area (Å²) in [6, 6.07) is 11.6. The number of benzene rings is 2. The molecule has 170 valence electrons. The van der Waals surface area contributed by atoms with E-state index in [-0.39, 0.29) is 17.5 Å². The number of halogens is 4. The largest absolute Gasteiger partial charge is 0.416 e. The third-order valence-corrected chi connectivity index (χ3v) is 5.88. The number of nitrogens with zero attached hydrogens (tertiary/aromatic N) is 4. The molecular weight excluding hydrogens is 463 g/mol. The van der Waals surface area contributed by atoms with Gasteiger partial charge < -0.3 is 5.32 Å². The van der Waals surface area contributed by atoms with Gasteiger partial charge in [0.1, 0.15) is 0 Å². The predicted octanol–water partition coefficient (Wildman–Crippen LogP) is 5.29. The molecule has 1 amide bonds. The Morgan fingerprint density at radius 2 is 1.88 bits per heavy atom. The summed E-state index contributed by atoms with van der Waals surface area (Å²) in [6.07, 6.45) is -4.48. The number of anilines is 1. The quantitative estimate of drug-likeness (QED) is 0.462. The van der Waals surface area contributed by atoms with Crippen molar-refractivity contribution in [2.45, 2.75) is 24.3 Å². The first-order chi connectivity index (χ1) is 15.1. The highest BCUT2D eigenvalue weighted by Crippen LogP contribution is 2.31. The number of carbonyl (C=O) groups excluding carboxylic acids is 1. The molecule has 1 N–H and O–H groups in total. The Morgan fingerprint density at radius 3 is 2.50 bits per heavy atom. The van der Waals surface area contributed by atoms with Crippen LogP contribution in [0.5, 0.6) is 0 Å². The molecule has 32 heavy (non-hydrogen) atoms. The maximum atomic E-state index is 12.9. The summed E-state index contributed by atoms with van der Waals surface area (Å²) >= 11 is 7.14. The third-order valence-electron chi connectivity index (χ3n) is 4.70. The molecular formula is C21H21ClF3N5OS. The maximum absolute atomic E-state index is 12.9. The lowest BCUT2D eigenvalue weighted by Crippen LogP contribution is -2.21. The average Bonchev–Trinajstić information content (AvgIpc) is 3.15. The van der Waals surface area contributed by atoms with Crippen molar-refractivity contribution >= 4 is 35.0 Å². The Morgan fingerprint density at radius 1 is 1.19 bits per heavy atom. The molecule has 0 aliphatic heterocycles. The Kier molecular flexibility index (Phi) is 7.47. The summed E-state index contributed by atoms with van der Waals surface area (Å²) in [5.74, 6) is 0.165. The zero-order valence-corrected chi connectivity index (χ0v) is 19.1. The predicted molar refractivity (Wildman–Crippen MR) is 119 cm³/mol. The number of alkyl halides is 3. The Labute approximate surface area is 192 Å². The smallest absolute Gasteiger partial charge is 0.325 e. The minimum absolute atomic E-state index is 0.0572. The van der Waals surface area contributed by atoms with Crippen LogP contribution in [0.2, 0.25) is 5.02 Å². The fourth-order valence-corrected chi connectivity index (χ4v) is 3.69. The molecule has 0 spiro atoms. The van der Waals surface area contributed by atoms with Crippen LogP contribution in [0.3, 0.4) is 0 Å². The SMILES string of the molecule is C[C@@H](c1nnc(SCC(=O)Nc2cccc(C(F)(F)F)c2)n1-c1ccc(Cl)cc1)N(C)C. The molecule has 3 rings (SSSR count). The second-order valence-electron chi connectivity index (χ2n) is 7.21. The van der Waals surface area contributed by atoms with Crippen molar-refractivity contribution in [2.24, 2.45) is 0 Å². The number of aromatic nitrogens is 3. The van der Waals surface area contributed by atoms with E-state index in [0.717, 1.165) is 29.6 Å². The minimum atomic E-state index is -4.48. The van der Waals surface area contributed by atoms with Gasteiger partial charge in [0.05, 0.1) is 17.4 Å². The highest BCUT2D eigenvalue weighted by atomic mass is 35.5. The first kappa shape index (κ1) is 24.1. The van der Waals surface area contributed by atoms with E-state index in [9.17, 15) is 18.0 Å². The normalized spacial score (nSPS) is 12.8. The van der Waals surface area contributed by atoms with Gasteiger partial charge in [0.15, 0.2) is 11.0 Å². The maximum Gasteiger partial charge on any atom is 0.416 e. The lowest BCUT2D eigenvalue weighted by Gasteiger charge is -2.20. The zero-order chi connectivity index (χ0) is 23.5. The van der Waals surface area contributed by atoms with Gasteiger partial charge in [-0.15, -0.1) is 10.2 Å². The van der Waals surface area contributed by atoms with Crippen molar-refractivity contribution < 1.29 is 18.0 Å². The summed E-state index contributed by atoms with van der Waals surface area (Å²) in [7, 11) is 3.84. The fourth-order valence-electron chi connectivity index (χ4n) is 2.81. The Hall–Kier alpha value is -2.56. The first-order valence-corrected chi connectivity index (χ1v) is 10.9. The van der Waals surface area contributed by atoms with E-state index >= 15 is 0 Å². The van der Waals surface area contributed by atoms with Crippen molar-refractivity contribution in [3.8, 4) is 5.69 Å². The molecule has 1 atom stereocenters. The Bertz CT molecular complexity index is 1090. The number of thioether (sulfide) groups is 1. The molecule has 0 unspecified atom stereocenters. The summed E-state index contributed by atoms with van der Waals surface area (Å²) < 4.78 is 40.5. The van der Waals surface area contributed by atoms with E-state index in [0.29, 0.717) is 16.0 Å². The summed E-state index contributed by atoms with van der Waals surface area (Å²) in [5.41, 5.74) is 0.0307. The summed E-state index contributed by atoms with van der Waals surface area (Å²) in [4.78, 5) is 14.4. The van der Waals surface area contributed by atoms with Gasteiger partial charge >= 0.3 is 6.18 Å². The highest BCUT2D eigenvalue weighted by molar-refractivity contribution is 7.99. The molecule has 0 fully saturated rings. The van der Waals surface area contributed by atoms with E-state index in [1.54, 1.807) is 12.1 Å². The lowest BCUT2D eigenvalue weighted by molar-refractivity contribution is -0.137. The Balaban J connectivity index is 1.79. The molecule has 3 aromatic rings. The van der Waals surface area contributed by atoms with E-state index in [1.165, 1.54) is 12.1 Å². The third kappa shape index (κ3) is 5.81. The van der Waals surface area contributed by atoms with Crippen molar-refractivity contribution in [3.05, 3.63) is 64.9 Å². The van der Waals surface area contributed by atoms with Gasteiger partial charge in [0, 0.05) is 16.4 Å². The number of hydrogen-bond acceptors (Lipinski definition) is 5. The summed E-state index contributed by atoms with van der Waals surface area (Å²) in [5, 5.41) is 12.1. The van der Waals surface area contributed by atoms with Crippen LogP contribution in [0.15, 0.2) is 53.7 Å². The lowest BCUT2D eigenvalue weighted by atomic mass is 10.2. The van der Waals surface area contributed by atoms with Crippen molar-refractivity contribution in [1.29, 1.82) is 0 Å². The van der Waals surface area contributed by atoms with Gasteiger partial charge in [0.25, 0.3) is 0 Å². The molecule has 0 saturated heterocycles. The van der Waals surface area contributed by atoms with Crippen LogP contribution in [-0.4, -0.2) is 45.4 Å². The molecule has 1 heterocycles. The van der Waals surface area contributed by atoms with Gasteiger partial charge in [-0.2, -0.15) is 13.2 Å². The molecule has 0 aliphatic carbocycles. The van der Waals surface area contributed by atoms with Crippen LogP contribution in [0, 0.1) is 0 Å². The molecule has 0 bridgehead atoms. The first-order valence-electron chi connectivity index (χ1n) is 9.54. The van der Waals surface area contributed by atoms with Gasteiger partial charge in [-0.3, -0.25) is 14.3 Å². The number of amides is 1.